The first-order valence-electron chi connectivity index (χ1n) is 5.56. The summed E-state index contributed by atoms with van der Waals surface area (Å²) in [6, 6.07) is 0. The van der Waals surface area contributed by atoms with E-state index in [9.17, 15) is 14.4 Å². The van der Waals surface area contributed by atoms with Crippen LogP contribution in [-0.2, 0) is 4.79 Å². The molecule has 1 rings (SSSR count). The number of nitrogens with zero attached hydrogens (tertiary/aromatic N) is 2. The zero-order valence-electron chi connectivity index (χ0n) is 10.8. The van der Waals surface area contributed by atoms with Gasteiger partial charge in [0.15, 0.2) is 0 Å². The minimum absolute atomic E-state index is 0.0470. The third-order valence-electron chi connectivity index (χ3n) is 2.65. The number of amides is 1. The number of aryl methyl sites for hydroxylation is 1. The SMILES string of the molecule is C=CCN(CC(=O)O)C(=O)c1c(C)c(C)n[nH]c1=O. The Morgan fingerprint density at radius 2 is 2.11 bits per heavy atom. The van der Waals surface area contributed by atoms with Crippen LogP contribution < -0.4 is 5.56 Å². The number of carboxylic acid groups (broad SMARTS) is 1. The van der Waals surface area contributed by atoms with E-state index >= 15 is 0 Å². The first-order valence-corrected chi connectivity index (χ1v) is 5.56. The highest BCUT2D eigenvalue weighted by atomic mass is 16.4. The smallest absolute Gasteiger partial charge is 0.323 e. The molecule has 7 heteroatoms. The number of rotatable bonds is 5. The van der Waals surface area contributed by atoms with Crippen LogP contribution in [0.2, 0.25) is 0 Å². The van der Waals surface area contributed by atoms with Crippen molar-refractivity contribution in [2.24, 2.45) is 0 Å². The van der Waals surface area contributed by atoms with E-state index in [1.165, 1.54) is 6.08 Å². The van der Waals surface area contributed by atoms with Crippen LogP contribution in [0.4, 0.5) is 0 Å². The van der Waals surface area contributed by atoms with Gasteiger partial charge >= 0.3 is 5.97 Å². The molecular formula is C12H15N3O4. The standard InChI is InChI=1S/C12H15N3O4/c1-4-5-15(6-9(16)17)12(19)10-7(2)8(3)13-14-11(10)18/h4H,1,5-6H2,2-3H3,(H,14,18)(H,16,17). The molecular weight excluding hydrogens is 250 g/mol. The quantitative estimate of drug-likeness (QED) is 0.735. The minimum atomic E-state index is -1.16. The molecule has 0 aliphatic rings. The molecule has 102 valence electrons. The van der Waals surface area contributed by atoms with Crippen molar-refractivity contribution in [3.05, 3.63) is 39.8 Å². The van der Waals surface area contributed by atoms with Crippen molar-refractivity contribution >= 4 is 11.9 Å². The summed E-state index contributed by atoms with van der Waals surface area (Å²) in [6.07, 6.45) is 1.40. The minimum Gasteiger partial charge on any atom is -0.480 e. The molecule has 0 fully saturated rings. The molecule has 1 heterocycles. The molecule has 0 saturated carbocycles. The Hall–Kier alpha value is -2.44. The summed E-state index contributed by atoms with van der Waals surface area (Å²) in [5.74, 6) is -1.80. The number of aromatic amines is 1. The molecule has 0 aliphatic heterocycles. The Labute approximate surface area is 109 Å². The van der Waals surface area contributed by atoms with Crippen molar-refractivity contribution in [2.45, 2.75) is 13.8 Å². The first kappa shape index (κ1) is 14.6. The Morgan fingerprint density at radius 1 is 1.47 bits per heavy atom. The first-order chi connectivity index (χ1) is 8.88. The lowest BCUT2D eigenvalue weighted by molar-refractivity contribution is -0.137. The molecule has 1 aromatic rings. The van der Waals surface area contributed by atoms with Gasteiger partial charge in [0.25, 0.3) is 11.5 Å². The molecule has 0 bridgehead atoms. The summed E-state index contributed by atoms with van der Waals surface area (Å²) in [6.45, 7) is 6.26. The van der Waals surface area contributed by atoms with Crippen LogP contribution in [0, 0.1) is 13.8 Å². The maximum Gasteiger partial charge on any atom is 0.323 e. The number of aromatic nitrogens is 2. The molecule has 0 unspecified atom stereocenters. The number of carbonyl (C=O) groups is 2. The van der Waals surface area contributed by atoms with Crippen molar-refractivity contribution in [2.75, 3.05) is 13.1 Å². The highest BCUT2D eigenvalue weighted by Gasteiger charge is 2.23. The van der Waals surface area contributed by atoms with E-state index in [2.05, 4.69) is 16.8 Å². The second-order valence-corrected chi connectivity index (χ2v) is 4.01. The van der Waals surface area contributed by atoms with Crippen molar-refractivity contribution in [1.82, 2.24) is 15.1 Å². The molecule has 0 aliphatic carbocycles. The van der Waals surface area contributed by atoms with E-state index in [1.807, 2.05) is 0 Å². The van der Waals surface area contributed by atoms with Gasteiger partial charge in [0.05, 0.1) is 5.69 Å². The van der Waals surface area contributed by atoms with Crippen molar-refractivity contribution < 1.29 is 14.7 Å². The fourth-order valence-electron chi connectivity index (χ4n) is 1.58. The van der Waals surface area contributed by atoms with Crippen LogP contribution >= 0.6 is 0 Å². The largest absolute Gasteiger partial charge is 0.480 e. The summed E-state index contributed by atoms with van der Waals surface area (Å²) in [4.78, 5) is 35.7. The maximum atomic E-state index is 12.2. The number of hydrogen-bond acceptors (Lipinski definition) is 4. The number of aliphatic carboxylic acids is 1. The highest BCUT2D eigenvalue weighted by molar-refractivity contribution is 5.97. The van der Waals surface area contributed by atoms with Gasteiger partial charge in [0.1, 0.15) is 12.1 Å². The summed E-state index contributed by atoms with van der Waals surface area (Å²) in [5, 5.41) is 14.7. The lowest BCUT2D eigenvalue weighted by Crippen LogP contribution is -2.39. The predicted molar refractivity (Wildman–Crippen MR) is 68.1 cm³/mol. The van der Waals surface area contributed by atoms with Gasteiger partial charge in [0.2, 0.25) is 0 Å². The summed E-state index contributed by atoms with van der Waals surface area (Å²) >= 11 is 0. The average molecular weight is 265 g/mol. The topological polar surface area (TPSA) is 103 Å². The van der Waals surface area contributed by atoms with Crippen molar-refractivity contribution in [1.29, 1.82) is 0 Å². The molecule has 19 heavy (non-hydrogen) atoms. The van der Waals surface area contributed by atoms with Gasteiger partial charge in [-0.3, -0.25) is 14.4 Å². The van der Waals surface area contributed by atoms with Gasteiger partial charge in [0, 0.05) is 6.54 Å². The molecule has 0 saturated heterocycles. The number of carboxylic acids is 1. The molecule has 0 atom stereocenters. The fraction of sp³-hybridized carbons (Fsp3) is 0.333. The Balaban J connectivity index is 3.23. The third kappa shape index (κ3) is 3.27. The highest BCUT2D eigenvalue weighted by Crippen LogP contribution is 2.08. The maximum absolute atomic E-state index is 12.2. The van der Waals surface area contributed by atoms with Gasteiger partial charge in [-0.1, -0.05) is 6.08 Å². The van der Waals surface area contributed by atoms with Gasteiger partial charge in [-0.2, -0.15) is 5.10 Å². The Kier molecular flexibility index (Phi) is 4.57. The van der Waals surface area contributed by atoms with Crippen LogP contribution in [-0.4, -0.2) is 45.2 Å². The van der Waals surface area contributed by atoms with E-state index in [4.69, 9.17) is 5.11 Å². The number of H-pyrrole nitrogens is 1. The van der Waals surface area contributed by atoms with E-state index in [0.717, 1.165) is 4.90 Å². The van der Waals surface area contributed by atoms with Crippen LogP contribution in [0.15, 0.2) is 17.4 Å². The molecule has 1 aromatic heterocycles. The number of nitrogens with one attached hydrogen (secondary N) is 1. The summed E-state index contributed by atoms with van der Waals surface area (Å²) in [5.41, 5.74) is 0.230. The number of carbonyl (C=O) groups excluding carboxylic acids is 1. The third-order valence-corrected chi connectivity index (χ3v) is 2.65. The van der Waals surface area contributed by atoms with Crippen LogP contribution in [0.3, 0.4) is 0 Å². The molecule has 2 N–H and O–H groups in total. The monoisotopic (exact) mass is 265 g/mol. The van der Waals surface area contributed by atoms with E-state index < -0.39 is 24.0 Å². The Bertz CT molecular complexity index is 577. The molecule has 0 aromatic carbocycles. The van der Waals surface area contributed by atoms with Crippen LogP contribution in [0.1, 0.15) is 21.6 Å². The Morgan fingerprint density at radius 3 is 2.63 bits per heavy atom. The van der Waals surface area contributed by atoms with Gasteiger partial charge in [-0.05, 0) is 19.4 Å². The number of hydrogen-bond donors (Lipinski definition) is 2. The van der Waals surface area contributed by atoms with Gasteiger partial charge < -0.3 is 10.0 Å². The van der Waals surface area contributed by atoms with Crippen molar-refractivity contribution in [3.8, 4) is 0 Å². The zero-order valence-corrected chi connectivity index (χ0v) is 10.8. The second-order valence-electron chi connectivity index (χ2n) is 4.01. The van der Waals surface area contributed by atoms with E-state index in [0.29, 0.717) is 11.3 Å². The summed E-state index contributed by atoms with van der Waals surface area (Å²) < 4.78 is 0. The summed E-state index contributed by atoms with van der Waals surface area (Å²) in [7, 11) is 0. The molecule has 0 radical (unpaired) electrons. The van der Waals surface area contributed by atoms with Gasteiger partial charge in [-0.25, -0.2) is 5.10 Å². The zero-order chi connectivity index (χ0) is 14.6. The van der Waals surface area contributed by atoms with Gasteiger partial charge in [-0.15, -0.1) is 6.58 Å². The molecule has 7 nitrogen and oxygen atoms in total. The lowest BCUT2D eigenvalue weighted by Gasteiger charge is -2.19. The second kappa shape index (κ2) is 5.94. The molecule has 1 amide bonds. The average Bonchev–Trinajstić information content (AvgIpc) is 2.33. The van der Waals surface area contributed by atoms with E-state index in [-0.39, 0.29) is 12.1 Å². The van der Waals surface area contributed by atoms with Crippen LogP contribution in [0.5, 0.6) is 0 Å². The van der Waals surface area contributed by atoms with Crippen molar-refractivity contribution in [3.63, 3.8) is 0 Å². The lowest BCUT2D eigenvalue weighted by atomic mass is 10.1. The van der Waals surface area contributed by atoms with Crippen LogP contribution in [0.25, 0.3) is 0 Å². The van der Waals surface area contributed by atoms with E-state index in [1.54, 1.807) is 13.8 Å². The fourth-order valence-corrected chi connectivity index (χ4v) is 1.58. The normalized spacial score (nSPS) is 10.0. The molecule has 0 spiro atoms. The predicted octanol–water partition coefficient (Wildman–Crippen LogP) is 0.0995.